The minimum absolute atomic E-state index is 0.0205. The number of esters is 1. The average Bonchev–Trinajstić information content (AvgIpc) is 3.91. The molecule has 3 saturated heterocycles. The lowest BCUT2D eigenvalue weighted by Gasteiger charge is -2.72. The zero-order chi connectivity index (χ0) is 41.6. The fourth-order valence-electron chi connectivity index (χ4n) is 14.6. The van der Waals surface area contributed by atoms with Crippen LogP contribution in [0.5, 0.6) is 0 Å². The quantitative estimate of drug-likeness (QED) is 0.108. The maximum absolute atomic E-state index is 14.7. The molecule has 57 heavy (non-hydrogen) atoms. The van der Waals surface area contributed by atoms with Crippen LogP contribution >= 0.6 is 0 Å². The predicted octanol–water partition coefficient (Wildman–Crippen LogP) is 1.48. The Morgan fingerprint density at radius 2 is 1.33 bits per heavy atom. The highest BCUT2D eigenvalue weighted by molar-refractivity contribution is 5.78. The fourth-order valence-corrected chi connectivity index (χ4v) is 14.6. The Morgan fingerprint density at radius 1 is 0.684 bits per heavy atom. The molecule has 0 aromatic heterocycles. The number of hydrogen-bond donors (Lipinski definition) is 8. The van der Waals surface area contributed by atoms with Gasteiger partial charge in [0.05, 0.1) is 30.3 Å². The van der Waals surface area contributed by atoms with E-state index in [2.05, 4.69) is 48.5 Å². The molecule has 3 heterocycles. The minimum Gasteiger partial charge on any atom is -0.479 e. The van der Waals surface area contributed by atoms with E-state index in [1.807, 2.05) is 0 Å². The first-order chi connectivity index (χ1) is 26.5. The lowest BCUT2D eigenvalue weighted by Crippen LogP contribution is -2.70. The third-order valence-corrected chi connectivity index (χ3v) is 17.9. The molecule has 8 N–H and O–H groups in total. The monoisotopic (exact) mass is 810 g/mol. The maximum atomic E-state index is 14.7. The normalized spacial score (nSPS) is 56.1. The highest BCUT2D eigenvalue weighted by Gasteiger charge is 2.79. The van der Waals surface area contributed by atoms with Crippen molar-refractivity contribution >= 4 is 11.9 Å². The van der Waals surface area contributed by atoms with E-state index in [-0.39, 0.29) is 57.5 Å². The van der Waals surface area contributed by atoms with Crippen molar-refractivity contribution in [2.75, 3.05) is 6.61 Å². The van der Waals surface area contributed by atoms with Gasteiger partial charge in [-0.3, -0.25) is 4.79 Å². The number of fused-ring (bicyclic) bond motifs is 10. The summed E-state index contributed by atoms with van der Waals surface area (Å²) in [5.41, 5.74) is -1.88. The number of epoxide rings is 1. The van der Waals surface area contributed by atoms with Crippen LogP contribution in [0.15, 0.2) is 0 Å². The van der Waals surface area contributed by atoms with Gasteiger partial charge in [0.1, 0.15) is 42.7 Å². The third kappa shape index (κ3) is 5.98. The second-order valence-corrected chi connectivity index (χ2v) is 21.5. The molecule has 0 spiro atoms. The number of aliphatic hydroxyl groups excluding tert-OH is 7. The summed E-state index contributed by atoms with van der Waals surface area (Å²) in [6.45, 7) is 15.5. The molecular weight excluding hydrogens is 744 g/mol. The molecule has 8 rings (SSSR count). The summed E-state index contributed by atoms with van der Waals surface area (Å²) < 4.78 is 30.5. The van der Waals surface area contributed by atoms with Gasteiger partial charge in [-0.1, -0.05) is 48.5 Å². The van der Waals surface area contributed by atoms with Gasteiger partial charge < -0.3 is 64.5 Å². The van der Waals surface area contributed by atoms with Gasteiger partial charge in [0, 0.05) is 0 Å². The molecule has 15 heteroatoms. The first kappa shape index (κ1) is 42.2. The molecular formula is C42H66O15. The fraction of sp³-hybridized carbons (Fsp3) is 0.952. The van der Waals surface area contributed by atoms with Crippen molar-refractivity contribution < 1.29 is 74.1 Å². The Bertz CT molecular complexity index is 1590. The molecule has 5 saturated carbocycles. The molecule has 3 aliphatic heterocycles. The molecule has 0 unspecified atom stereocenters. The van der Waals surface area contributed by atoms with Gasteiger partial charge in [-0.2, -0.15) is 0 Å². The van der Waals surface area contributed by atoms with E-state index in [4.69, 9.17) is 23.7 Å². The van der Waals surface area contributed by atoms with Crippen molar-refractivity contribution in [2.24, 2.45) is 56.2 Å². The second-order valence-electron chi connectivity index (χ2n) is 21.5. The number of ether oxygens (including phenoxy) is 5. The van der Waals surface area contributed by atoms with E-state index < -0.39 is 96.9 Å². The van der Waals surface area contributed by atoms with Crippen LogP contribution in [0.25, 0.3) is 0 Å². The summed E-state index contributed by atoms with van der Waals surface area (Å²) in [5.74, 6) is -1.58. The molecule has 324 valence electrons. The van der Waals surface area contributed by atoms with Crippen molar-refractivity contribution in [3.05, 3.63) is 0 Å². The van der Waals surface area contributed by atoms with Gasteiger partial charge in [0.25, 0.3) is 0 Å². The number of carbonyl (C=O) groups is 2. The molecule has 0 bridgehead atoms. The molecule has 21 atom stereocenters. The highest BCUT2D eigenvalue weighted by atomic mass is 16.7. The van der Waals surface area contributed by atoms with Crippen molar-refractivity contribution in [3.63, 3.8) is 0 Å². The van der Waals surface area contributed by atoms with E-state index in [0.717, 1.165) is 38.5 Å². The summed E-state index contributed by atoms with van der Waals surface area (Å²) in [6, 6.07) is 0. The number of carbonyl (C=O) groups excluding carboxylic acids is 1. The summed E-state index contributed by atoms with van der Waals surface area (Å²) in [5, 5.41) is 82.6. The Labute approximate surface area is 334 Å². The van der Waals surface area contributed by atoms with Crippen LogP contribution in [-0.4, -0.2) is 139 Å². The number of hydrogen-bond acceptors (Lipinski definition) is 14. The zero-order valence-corrected chi connectivity index (χ0v) is 34.3. The first-order valence-corrected chi connectivity index (χ1v) is 21.2. The second kappa shape index (κ2) is 13.8. The first-order valence-electron chi connectivity index (χ1n) is 21.2. The van der Waals surface area contributed by atoms with Gasteiger partial charge in [-0.05, 0) is 109 Å². The van der Waals surface area contributed by atoms with E-state index in [0.29, 0.717) is 19.3 Å². The summed E-state index contributed by atoms with van der Waals surface area (Å²) >= 11 is 0. The Kier molecular flexibility index (Phi) is 10.2. The van der Waals surface area contributed by atoms with Crippen molar-refractivity contribution in [3.8, 4) is 0 Å². The molecule has 5 aliphatic carbocycles. The standard InChI is InChI=1S/C42H66O15/c1-37(2)12-14-42(36(52)57-34-27(48)24(45)23(44)19(17-43)53-34)15-13-40(6)22(18(42)16-37)29-31(55-29)32-39(5)10-9-21(38(3,4)20(39)8-11-41(32,40)7)54-35-28(49)25(46)26(47)30(56-35)33(50)51/h18-32,34-35,43-49H,8-17H2,1-7H3,(H,50,51)/t18-,19+,20-,21-,22-,23+,24-,25-,26-,27+,28+,29+,30-,31+,32+,34-,35+,39-,40+,41+,42-/m0/s1. The van der Waals surface area contributed by atoms with Gasteiger partial charge in [0.15, 0.2) is 12.4 Å². The topological polar surface area (TPSA) is 245 Å². The maximum Gasteiger partial charge on any atom is 0.335 e. The molecule has 8 fully saturated rings. The molecule has 8 aliphatic rings. The van der Waals surface area contributed by atoms with E-state index in [1.54, 1.807) is 0 Å². The smallest absolute Gasteiger partial charge is 0.335 e. The lowest BCUT2D eigenvalue weighted by atomic mass is 9.31. The number of aliphatic carboxylic acids is 1. The number of rotatable bonds is 6. The molecule has 0 aromatic carbocycles. The largest absolute Gasteiger partial charge is 0.479 e. The van der Waals surface area contributed by atoms with Gasteiger partial charge >= 0.3 is 11.9 Å². The van der Waals surface area contributed by atoms with Crippen LogP contribution in [0.4, 0.5) is 0 Å². The molecule has 0 radical (unpaired) electrons. The van der Waals surface area contributed by atoms with Crippen LogP contribution in [-0.2, 0) is 33.3 Å². The zero-order valence-electron chi connectivity index (χ0n) is 34.3. The lowest BCUT2D eigenvalue weighted by molar-refractivity contribution is -0.325. The summed E-state index contributed by atoms with van der Waals surface area (Å²) in [4.78, 5) is 26.5. The molecule has 0 aromatic rings. The summed E-state index contributed by atoms with van der Waals surface area (Å²) in [7, 11) is 0. The van der Waals surface area contributed by atoms with Crippen LogP contribution in [0.3, 0.4) is 0 Å². The van der Waals surface area contributed by atoms with E-state index in [9.17, 15) is 50.4 Å². The Hall–Kier alpha value is -1.50. The van der Waals surface area contributed by atoms with Crippen molar-refractivity contribution in [1.29, 1.82) is 0 Å². The Balaban J connectivity index is 1.06. The van der Waals surface area contributed by atoms with Gasteiger partial charge in [-0.15, -0.1) is 0 Å². The average molecular weight is 811 g/mol. The third-order valence-electron chi connectivity index (χ3n) is 17.9. The Morgan fingerprint density at radius 3 is 2.00 bits per heavy atom. The molecule has 15 nitrogen and oxygen atoms in total. The van der Waals surface area contributed by atoms with Crippen LogP contribution in [0.1, 0.15) is 106 Å². The van der Waals surface area contributed by atoms with Gasteiger partial charge in [0.2, 0.25) is 6.29 Å². The van der Waals surface area contributed by atoms with Crippen molar-refractivity contribution in [1.82, 2.24) is 0 Å². The number of aliphatic hydroxyl groups is 7. The van der Waals surface area contributed by atoms with Gasteiger partial charge in [-0.25, -0.2) is 4.79 Å². The van der Waals surface area contributed by atoms with Crippen LogP contribution < -0.4 is 0 Å². The summed E-state index contributed by atoms with van der Waals surface area (Å²) in [6.07, 6.45) is -9.68. The van der Waals surface area contributed by atoms with E-state index in [1.165, 1.54) is 0 Å². The van der Waals surface area contributed by atoms with E-state index >= 15 is 0 Å². The number of carboxylic acids is 1. The molecule has 0 amide bonds. The highest BCUT2D eigenvalue weighted by Crippen LogP contribution is 2.80. The predicted molar refractivity (Wildman–Crippen MR) is 198 cm³/mol. The van der Waals surface area contributed by atoms with Crippen LogP contribution in [0, 0.1) is 56.2 Å². The van der Waals surface area contributed by atoms with Crippen molar-refractivity contribution in [2.45, 2.75) is 186 Å². The number of carboxylic acid groups (broad SMARTS) is 1. The minimum atomic E-state index is -1.79. The van der Waals surface area contributed by atoms with Crippen LogP contribution in [0.2, 0.25) is 0 Å². The SMILES string of the molecule is CC1(C)CC[C@]2(C(=O)O[C@@H]3O[C@H](CO)[C@@H](O)[C@H](O)[C@H]3O)CC[C@]3(C)[C@H]([C@H]4O[C@H]4[C@@H]4[C@@]5(C)CC[C@H](O[C@@H]6O[C@H](C(=O)O)[C@@H](O)[C@H](O)[C@H]6O)C(C)(C)[C@@H]5CC[C@]43C)[C@@H]2C1.